The summed E-state index contributed by atoms with van der Waals surface area (Å²) in [7, 11) is 0. The summed E-state index contributed by atoms with van der Waals surface area (Å²) in [6, 6.07) is 0. The van der Waals surface area contributed by atoms with Crippen LogP contribution in [-0.2, 0) is 4.74 Å². The minimum absolute atomic E-state index is 0.0208. The molecular formula is C12H26O3. The summed E-state index contributed by atoms with van der Waals surface area (Å²) in [4.78, 5) is 0. The molecule has 0 amide bonds. The number of aliphatic hydroxyl groups excluding tert-OH is 2. The molecule has 0 aromatic rings. The SMILES string of the molecule is CC.CC1C[C@](C)(CO)O[C@](C)(CO)C1. The van der Waals surface area contributed by atoms with Gasteiger partial charge in [-0.2, -0.15) is 0 Å². The maximum atomic E-state index is 9.19. The van der Waals surface area contributed by atoms with Gasteiger partial charge in [0.1, 0.15) is 0 Å². The Morgan fingerprint density at radius 3 is 1.67 bits per heavy atom. The molecule has 2 N–H and O–H groups in total. The third kappa shape index (κ3) is 4.09. The summed E-state index contributed by atoms with van der Waals surface area (Å²) < 4.78 is 5.73. The van der Waals surface area contributed by atoms with E-state index in [9.17, 15) is 10.2 Å². The van der Waals surface area contributed by atoms with Crippen molar-refractivity contribution < 1.29 is 14.9 Å². The van der Waals surface area contributed by atoms with E-state index in [0.717, 1.165) is 12.8 Å². The molecule has 92 valence electrons. The van der Waals surface area contributed by atoms with E-state index in [2.05, 4.69) is 6.92 Å². The average molecular weight is 218 g/mol. The molecule has 1 fully saturated rings. The second-order valence-corrected chi connectivity index (χ2v) is 4.83. The molecular weight excluding hydrogens is 192 g/mol. The van der Waals surface area contributed by atoms with Crippen LogP contribution in [0.15, 0.2) is 0 Å². The number of aliphatic hydroxyl groups is 2. The van der Waals surface area contributed by atoms with Crippen LogP contribution in [0.25, 0.3) is 0 Å². The standard InChI is InChI=1S/C10H20O3.C2H6/c1-8-4-9(2,6-11)13-10(3,5-8)7-12;1-2/h8,11-12H,4-7H2,1-3H3;1-2H3/t8?,9-,10+;. The minimum atomic E-state index is -0.477. The lowest BCUT2D eigenvalue weighted by Gasteiger charge is -2.46. The molecule has 3 atom stereocenters. The Bertz CT molecular complexity index is 166. The Hall–Kier alpha value is -0.120. The molecule has 1 rings (SSSR count). The number of ether oxygens (including phenoxy) is 1. The predicted molar refractivity (Wildman–Crippen MR) is 61.8 cm³/mol. The summed E-state index contributed by atoms with van der Waals surface area (Å²) in [6.45, 7) is 9.97. The fraction of sp³-hybridized carbons (Fsp3) is 1.00. The summed E-state index contributed by atoms with van der Waals surface area (Å²) in [5.41, 5.74) is -0.954. The van der Waals surface area contributed by atoms with Crippen LogP contribution in [0, 0.1) is 5.92 Å². The monoisotopic (exact) mass is 218 g/mol. The largest absolute Gasteiger partial charge is 0.393 e. The van der Waals surface area contributed by atoms with Gasteiger partial charge in [0.2, 0.25) is 0 Å². The number of hydrogen-bond donors (Lipinski definition) is 2. The Morgan fingerprint density at radius 1 is 1.07 bits per heavy atom. The normalized spacial score (nSPS) is 40.6. The van der Waals surface area contributed by atoms with E-state index in [1.54, 1.807) is 0 Å². The van der Waals surface area contributed by atoms with Crippen molar-refractivity contribution in [1.29, 1.82) is 0 Å². The highest BCUT2D eigenvalue weighted by atomic mass is 16.5. The lowest BCUT2D eigenvalue weighted by Crippen LogP contribution is -2.51. The van der Waals surface area contributed by atoms with Gasteiger partial charge in [0, 0.05) is 0 Å². The van der Waals surface area contributed by atoms with Gasteiger partial charge in [-0.05, 0) is 32.6 Å². The van der Waals surface area contributed by atoms with Gasteiger partial charge in [-0.15, -0.1) is 0 Å². The van der Waals surface area contributed by atoms with Gasteiger partial charge in [-0.25, -0.2) is 0 Å². The molecule has 0 aromatic heterocycles. The van der Waals surface area contributed by atoms with Crippen LogP contribution in [0.1, 0.15) is 47.5 Å². The van der Waals surface area contributed by atoms with Crippen LogP contribution in [0.5, 0.6) is 0 Å². The molecule has 0 aliphatic carbocycles. The van der Waals surface area contributed by atoms with Gasteiger partial charge in [0.15, 0.2) is 0 Å². The lowest BCUT2D eigenvalue weighted by molar-refractivity contribution is -0.214. The second-order valence-electron chi connectivity index (χ2n) is 4.83. The molecule has 1 aliphatic heterocycles. The summed E-state index contributed by atoms with van der Waals surface area (Å²) in [5.74, 6) is 0.489. The number of hydrogen-bond acceptors (Lipinski definition) is 3. The van der Waals surface area contributed by atoms with Gasteiger partial charge in [0.05, 0.1) is 24.4 Å². The third-order valence-electron chi connectivity index (χ3n) is 2.72. The first-order valence-corrected chi connectivity index (χ1v) is 5.85. The van der Waals surface area contributed by atoms with Gasteiger partial charge in [-0.1, -0.05) is 20.8 Å². The molecule has 3 heteroatoms. The van der Waals surface area contributed by atoms with Crippen molar-refractivity contribution in [3.05, 3.63) is 0 Å². The van der Waals surface area contributed by atoms with Crippen molar-refractivity contribution in [2.24, 2.45) is 5.92 Å². The van der Waals surface area contributed by atoms with E-state index >= 15 is 0 Å². The van der Waals surface area contributed by atoms with E-state index in [1.165, 1.54) is 0 Å². The van der Waals surface area contributed by atoms with Crippen LogP contribution in [-0.4, -0.2) is 34.6 Å². The minimum Gasteiger partial charge on any atom is -0.393 e. The molecule has 0 saturated carbocycles. The molecule has 1 saturated heterocycles. The maximum absolute atomic E-state index is 9.19. The first-order chi connectivity index (χ1) is 6.93. The van der Waals surface area contributed by atoms with E-state index in [0.29, 0.717) is 5.92 Å². The van der Waals surface area contributed by atoms with Gasteiger partial charge in [-0.3, -0.25) is 0 Å². The average Bonchev–Trinajstić information content (AvgIpc) is 2.19. The Balaban J connectivity index is 0.000000921. The smallest absolute Gasteiger partial charge is 0.0895 e. The predicted octanol–water partition coefficient (Wildman–Crippen LogP) is 1.96. The van der Waals surface area contributed by atoms with Crippen LogP contribution in [0.4, 0.5) is 0 Å². The Morgan fingerprint density at radius 2 is 1.40 bits per heavy atom. The molecule has 3 nitrogen and oxygen atoms in total. The van der Waals surface area contributed by atoms with Gasteiger partial charge < -0.3 is 14.9 Å². The molecule has 1 heterocycles. The van der Waals surface area contributed by atoms with Crippen LogP contribution >= 0.6 is 0 Å². The van der Waals surface area contributed by atoms with E-state index < -0.39 is 11.2 Å². The van der Waals surface area contributed by atoms with Crippen molar-refractivity contribution in [1.82, 2.24) is 0 Å². The first kappa shape index (κ1) is 14.9. The zero-order chi connectivity index (χ0) is 12.1. The van der Waals surface area contributed by atoms with E-state index in [1.807, 2.05) is 27.7 Å². The second kappa shape index (κ2) is 5.83. The van der Waals surface area contributed by atoms with Crippen molar-refractivity contribution in [3.63, 3.8) is 0 Å². The lowest BCUT2D eigenvalue weighted by atomic mass is 9.81. The van der Waals surface area contributed by atoms with Crippen molar-refractivity contribution >= 4 is 0 Å². The van der Waals surface area contributed by atoms with Crippen molar-refractivity contribution in [2.75, 3.05) is 13.2 Å². The summed E-state index contributed by atoms with van der Waals surface area (Å²) in [6.07, 6.45) is 1.72. The summed E-state index contributed by atoms with van der Waals surface area (Å²) in [5, 5.41) is 18.4. The maximum Gasteiger partial charge on any atom is 0.0895 e. The highest BCUT2D eigenvalue weighted by Gasteiger charge is 2.42. The zero-order valence-corrected chi connectivity index (χ0v) is 10.7. The molecule has 0 bridgehead atoms. The van der Waals surface area contributed by atoms with Crippen LogP contribution in [0.3, 0.4) is 0 Å². The van der Waals surface area contributed by atoms with Crippen molar-refractivity contribution in [2.45, 2.75) is 58.7 Å². The number of rotatable bonds is 2. The summed E-state index contributed by atoms with van der Waals surface area (Å²) >= 11 is 0. The van der Waals surface area contributed by atoms with E-state index in [4.69, 9.17) is 4.74 Å². The molecule has 0 aromatic carbocycles. The molecule has 1 aliphatic rings. The van der Waals surface area contributed by atoms with Gasteiger partial charge in [0.25, 0.3) is 0 Å². The molecule has 15 heavy (non-hydrogen) atoms. The Labute approximate surface area is 93.5 Å². The molecule has 0 radical (unpaired) electrons. The fourth-order valence-electron chi connectivity index (χ4n) is 2.42. The third-order valence-corrected chi connectivity index (χ3v) is 2.72. The Kier molecular flexibility index (Phi) is 5.78. The van der Waals surface area contributed by atoms with Gasteiger partial charge >= 0.3 is 0 Å². The quantitative estimate of drug-likeness (QED) is 0.745. The zero-order valence-electron chi connectivity index (χ0n) is 10.7. The van der Waals surface area contributed by atoms with Crippen LogP contribution < -0.4 is 0 Å². The topological polar surface area (TPSA) is 49.7 Å². The first-order valence-electron chi connectivity index (χ1n) is 5.85. The molecule has 1 unspecified atom stereocenters. The molecule has 0 spiro atoms. The van der Waals surface area contributed by atoms with Crippen molar-refractivity contribution in [3.8, 4) is 0 Å². The highest BCUT2D eigenvalue weighted by molar-refractivity contribution is 4.91. The van der Waals surface area contributed by atoms with Crippen LogP contribution in [0.2, 0.25) is 0 Å². The van der Waals surface area contributed by atoms with E-state index in [-0.39, 0.29) is 13.2 Å². The fourth-order valence-corrected chi connectivity index (χ4v) is 2.42. The highest BCUT2D eigenvalue weighted by Crippen LogP contribution is 2.38.